The van der Waals surface area contributed by atoms with Gasteiger partial charge in [0.05, 0.1) is 18.2 Å². The van der Waals surface area contributed by atoms with Crippen molar-refractivity contribution >= 4 is 0 Å². The lowest BCUT2D eigenvalue weighted by Gasteiger charge is -2.40. The molecule has 0 aromatic carbocycles. The SMILES string of the molecule is CCOC1CCCN(CC(CO)(NC)C2CC2)C1. The van der Waals surface area contributed by atoms with Gasteiger partial charge >= 0.3 is 0 Å². The molecule has 0 aromatic rings. The summed E-state index contributed by atoms with van der Waals surface area (Å²) in [5, 5.41) is 13.2. The third-order valence-corrected chi connectivity index (χ3v) is 4.51. The Morgan fingerprint density at radius 3 is 2.72 bits per heavy atom. The molecule has 1 aliphatic carbocycles. The Hall–Kier alpha value is -0.160. The molecule has 2 rings (SSSR count). The third kappa shape index (κ3) is 3.23. The van der Waals surface area contributed by atoms with E-state index in [2.05, 4.69) is 17.1 Å². The first-order valence-electron chi connectivity index (χ1n) is 7.38. The fourth-order valence-electron chi connectivity index (χ4n) is 3.23. The maximum atomic E-state index is 9.77. The molecule has 0 spiro atoms. The van der Waals surface area contributed by atoms with Gasteiger partial charge in [-0.3, -0.25) is 4.90 Å². The van der Waals surface area contributed by atoms with Crippen LogP contribution in [0, 0.1) is 5.92 Å². The minimum Gasteiger partial charge on any atom is -0.394 e. The van der Waals surface area contributed by atoms with Crippen LogP contribution in [0.2, 0.25) is 0 Å². The van der Waals surface area contributed by atoms with Crippen LogP contribution in [0.3, 0.4) is 0 Å². The van der Waals surface area contributed by atoms with E-state index in [1.165, 1.54) is 25.7 Å². The van der Waals surface area contributed by atoms with Crippen molar-refractivity contribution < 1.29 is 9.84 Å². The highest BCUT2D eigenvalue weighted by Gasteiger charge is 2.45. The van der Waals surface area contributed by atoms with Gasteiger partial charge in [-0.05, 0) is 52.1 Å². The van der Waals surface area contributed by atoms with Gasteiger partial charge in [0.1, 0.15) is 0 Å². The molecule has 1 saturated carbocycles. The second-order valence-corrected chi connectivity index (χ2v) is 5.79. The summed E-state index contributed by atoms with van der Waals surface area (Å²) in [6, 6.07) is 0. The van der Waals surface area contributed by atoms with Crippen molar-refractivity contribution in [3.63, 3.8) is 0 Å². The van der Waals surface area contributed by atoms with E-state index < -0.39 is 0 Å². The molecule has 4 nitrogen and oxygen atoms in total. The van der Waals surface area contributed by atoms with Crippen LogP contribution in [0.4, 0.5) is 0 Å². The Kier molecular flexibility index (Phi) is 5.01. The van der Waals surface area contributed by atoms with Crippen LogP contribution in [-0.2, 0) is 4.74 Å². The minimum atomic E-state index is -0.0892. The van der Waals surface area contributed by atoms with Gasteiger partial charge in [0.15, 0.2) is 0 Å². The number of ether oxygens (including phenoxy) is 1. The van der Waals surface area contributed by atoms with Crippen molar-refractivity contribution in [2.75, 3.05) is 39.9 Å². The van der Waals surface area contributed by atoms with Crippen LogP contribution in [0.15, 0.2) is 0 Å². The summed E-state index contributed by atoms with van der Waals surface area (Å²) in [5.41, 5.74) is -0.0892. The zero-order valence-corrected chi connectivity index (χ0v) is 11.8. The fourth-order valence-corrected chi connectivity index (χ4v) is 3.23. The van der Waals surface area contributed by atoms with E-state index >= 15 is 0 Å². The molecular formula is C14H28N2O2. The maximum Gasteiger partial charge on any atom is 0.0702 e. The van der Waals surface area contributed by atoms with Gasteiger partial charge in [-0.15, -0.1) is 0 Å². The second kappa shape index (κ2) is 6.33. The van der Waals surface area contributed by atoms with E-state index in [0.717, 1.165) is 26.2 Å². The predicted octanol–water partition coefficient (Wildman–Crippen LogP) is 0.848. The van der Waals surface area contributed by atoms with Crippen LogP contribution in [-0.4, -0.2) is 61.5 Å². The van der Waals surface area contributed by atoms with Crippen molar-refractivity contribution in [2.45, 2.75) is 44.2 Å². The molecule has 106 valence electrons. The zero-order valence-electron chi connectivity index (χ0n) is 11.8. The van der Waals surface area contributed by atoms with E-state index in [9.17, 15) is 5.11 Å². The first kappa shape index (κ1) is 14.3. The predicted molar refractivity (Wildman–Crippen MR) is 72.7 cm³/mol. The number of nitrogens with zero attached hydrogens (tertiary/aromatic N) is 1. The van der Waals surface area contributed by atoms with Gasteiger partial charge in [-0.2, -0.15) is 0 Å². The average Bonchev–Trinajstić information content (AvgIpc) is 3.22. The Labute approximate surface area is 111 Å². The third-order valence-electron chi connectivity index (χ3n) is 4.51. The summed E-state index contributed by atoms with van der Waals surface area (Å²) in [7, 11) is 1.98. The van der Waals surface area contributed by atoms with E-state index in [-0.39, 0.29) is 12.1 Å². The first-order valence-corrected chi connectivity index (χ1v) is 7.38. The lowest BCUT2D eigenvalue weighted by atomic mass is 9.92. The van der Waals surface area contributed by atoms with Crippen molar-refractivity contribution in [3.05, 3.63) is 0 Å². The van der Waals surface area contributed by atoms with Gasteiger partial charge in [0.25, 0.3) is 0 Å². The molecule has 2 atom stereocenters. The first-order chi connectivity index (χ1) is 8.74. The zero-order chi connectivity index (χ0) is 13.0. The van der Waals surface area contributed by atoms with Crippen molar-refractivity contribution in [1.82, 2.24) is 10.2 Å². The average molecular weight is 256 g/mol. The van der Waals surface area contributed by atoms with Crippen LogP contribution in [0.1, 0.15) is 32.6 Å². The van der Waals surface area contributed by atoms with E-state index in [1.807, 2.05) is 7.05 Å². The number of aliphatic hydroxyl groups is 1. The maximum absolute atomic E-state index is 9.77. The molecule has 2 aliphatic rings. The summed E-state index contributed by atoms with van der Waals surface area (Å²) in [5.74, 6) is 0.653. The minimum absolute atomic E-state index is 0.0892. The smallest absolute Gasteiger partial charge is 0.0702 e. The normalized spacial score (nSPS) is 29.2. The molecule has 18 heavy (non-hydrogen) atoms. The van der Waals surface area contributed by atoms with Gasteiger partial charge in [-0.1, -0.05) is 0 Å². The van der Waals surface area contributed by atoms with Crippen molar-refractivity contribution in [2.24, 2.45) is 5.92 Å². The van der Waals surface area contributed by atoms with Gasteiger partial charge in [0.2, 0.25) is 0 Å². The topological polar surface area (TPSA) is 44.7 Å². The van der Waals surface area contributed by atoms with Gasteiger partial charge < -0.3 is 15.2 Å². The van der Waals surface area contributed by atoms with Crippen LogP contribution in [0.5, 0.6) is 0 Å². The lowest BCUT2D eigenvalue weighted by molar-refractivity contribution is -0.00892. The molecule has 2 unspecified atom stereocenters. The van der Waals surface area contributed by atoms with E-state index in [0.29, 0.717) is 12.0 Å². The number of likely N-dealkylation sites (N-methyl/N-ethyl adjacent to an activating group) is 1. The summed E-state index contributed by atoms with van der Waals surface area (Å²) >= 11 is 0. The Bertz CT molecular complexity index is 250. The number of piperidine rings is 1. The number of aliphatic hydroxyl groups excluding tert-OH is 1. The van der Waals surface area contributed by atoms with Crippen molar-refractivity contribution in [1.29, 1.82) is 0 Å². The van der Waals surface area contributed by atoms with Crippen LogP contribution >= 0.6 is 0 Å². The van der Waals surface area contributed by atoms with Crippen LogP contribution in [0.25, 0.3) is 0 Å². The Balaban J connectivity index is 1.90. The summed E-state index contributed by atoms with van der Waals surface area (Å²) in [6.07, 6.45) is 5.28. The number of likely N-dealkylation sites (tertiary alicyclic amines) is 1. The highest BCUT2D eigenvalue weighted by molar-refractivity contribution is 5.02. The van der Waals surface area contributed by atoms with E-state index in [4.69, 9.17) is 4.74 Å². The molecule has 0 aromatic heterocycles. The summed E-state index contributed by atoms with van der Waals surface area (Å²) in [4.78, 5) is 2.47. The molecule has 2 N–H and O–H groups in total. The molecule has 0 radical (unpaired) electrons. The molecule has 0 amide bonds. The highest BCUT2D eigenvalue weighted by atomic mass is 16.5. The molecule has 2 fully saturated rings. The standard InChI is InChI=1S/C14H28N2O2/c1-3-18-13-5-4-8-16(9-13)10-14(11-17,15-2)12-6-7-12/h12-13,15,17H,3-11H2,1-2H3. The monoisotopic (exact) mass is 256 g/mol. The largest absolute Gasteiger partial charge is 0.394 e. The number of hydrogen-bond acceptors (Lipinski definition) is 4. The van der Waals surface area contributed by atoms with Crippen LogP contribution < -0.4 is 5.32 Å². The summed E-state index contributed by atoms with van der Waals surface area (Å²) < 4.78 is 5.75. The molecule has 4 heteroatoms. The Morgan fingerprint density at radius 2 is 2.17 bits per heavy atom. The second-order valence-electron chi connectivity index (χ2n) is 5.79. The number of nitrogens with one attached hydrogen (secondary N) is 1. The lowest BCUT2D eigenvalue weighted by Crippen LogP contribution is -2.58. The molecule has 1 saturated heterocycles. The van der Waals surface area contributed by atoms with Crippen molar-refractivity contribution in [3.8, 4) is 0 Å². The van der Waals surface area contributed by atoms with Gasteiger partial charge in [-0.25, -0.2) is 0 Å². The van der Waals surface area contributed by atoms with E-state index in [1.54, 1.807) is 0 Å². The molecular weight excluding hydrogens is 228 g/mol. The molecule has 1 heterocycles. The quantitative estimate of drug-likeness (QED) is 0.709. The Morgan fingerprint density at radius 1 is 1.39 bits per heavy atom. The van der Waals surface area contributed by atoms with Gasteiger partial charge in [0, 0.05) is 19.7 Å². The number of hydrogen-bond donors (Lipinski definition) is 2. The molecule has 0 bridgehead atoms. The fraction of sp³-hybridized carbons (Fsp3) is 1.00. The molecule has 1 aliphatic heterocycles. The summed E-state index contributed by atoms with van der Waals surface area (Å²) in [6.45, 7) is 6.22. The number of rotatable bonds is 7. The highest BCUT2D eigenvalue weighted by Crippen LogP contribution is 2.40.